The van der Waals surface area contributed by atoms with Crippen LogP contribution in [-0.4, -0.2) is 32.1 Å². The lowest BCUT2D eigenvalue weighted by atomic mass is 10.2. The van der Waals surface area contributed by atoms with E-state index in [9.17, 15) is 4.79 Å². The third-order valence-corrected chi connectivity index (χ3v) is 5.39. The SMILES string of the molecule is CCC.CNC(=O)c1ccc2c(c1)nc(-c1cc3cccnc3n1CC1CC1)n2C. The van der Waals surface area contributed by atoms with Crippen LogP contribution < -0.4 is 5.32 Å². The molecule has 1 aliphatic carbocycles. The van der Waals surface area contributed by atoms with Gasteiger partial charge in [0.05, 0.1) is 16.7 Å². The number of carbonyl (C=O) groups excluding carboxylic acids is 1. The van der Waals surface area contributed by atoms with Gasteiger partial charge in [-0.3, -0.25) is 4.79 Å². The fourth-order valence-electron chi connectivity index (χ4n) is 3.73. The summed E-state index contributed by atoms with van der Waals surface area (Å²) in [4.78, 5) is 21.5. The summed E-state index contributed by atoms with van der Waals surface area (Å²) in [7, 11) is 3.66. The van der Waals surface area contributed by atoms with Crippen molar-refractivity contribution in [2.45, 2.75) is 39.7 Å². The highest BCUT2D eigenvalue weighted by atomic mass is 16.1. The quantitative estimate of drug-likeness (QED) is 0.533. The molecule has 0 bridgehead atoms. The van der Waals surface area contributed by atoms with Crippen LogP contribution >= 0.6 is 0 Å². The second-order valence-corrected chi connectivity index (χ2v) is 7.98. The van der Waals surface area contributed by atoms with Gasteiger partial charge in [0.2, 0.25) is 0 Å². The summed E-state index contributed by atoms with van der Waals surface area (Å²) in [6, 6.07) is 11.9. The number of hydrogen-bond acceptors (Lipinski definition) is 3. The number of aryl methyl sites for hydroxylation is 1. The minimum Gasteiger partial charge on any atom is -0.355 e. The first-order valence-electron chi connectivity index (χ1n) is 10.7. The monoisotopic (exact) mass is 403 g/mol. The number of carbonyl (C=O) groups is 1. The number of nitrogens with zero attached hydrogens (tertiary/aromatic N) is 4. The minimum atomic E-state index is -0.101. The molecular weight excluding hydrogens is 374 g/mol. The molecule has 1 aromatic carbocycles. The maximum absolute atomic E-state index is 12.0. The molecule has 6 heteroatoms. The van der Waals surface area contributed by atoms with Gasteiger partial charge < -0.3 is 14.5 Å². The zero-order chi connectivity index (χ0) is 21.3. The van der Waals surface area contributed by atoms with E-state index in [2.05, 4.69) is 45.4 Å². The molecule has 1 saturated carbocycles. The Balaban J connectivity index is 0.000000687. The maximum atomic E-state index is 12.0. The summed E-state index contributed by atoms with van der Waals surface area (Å²) < 4.78 is 4.40. The first kappa shape index (κ1) is 20.1. The number of amides is 1. The molecule has 3 heterocycles. The standard InChI is InChI=1S/C21H21N5O.C3H8/c1-22-21(27)15-7-8-17-16(10-15)24-20(25(17)2)18-11-14-4-3-9-23-19(14)26(18)12-13-5-6-13;1-3-2/h3-4,7-11,13H,5-6,12H2,1-2H3,(H,22,27);3H2,1-2H3. The first-order chi connectivity index (χ1) is 14.6. The van der Waals surface area contributed by atoms with E-state index in [4.69, 9.17) is 4.98 Å². The summed E-state index contributed by atoms with van der Waals surface area (Å²) in [5, 5.41) is 3.80. The molecule has 0 atom stereocenters. The number of pyridine rings is 1. The van der Waals surface area contributed by atoms with Crippen molar-refractivity contribution >= 4 is 28.0 Å². The van der Waals surface area contributed by atoms with Crippen molar-refractivity contribution in [3.8, 4) is 11.5 Å². The van der Waals surface area contributed by atoms with Crippen LogP contribution in [0.15, 0.2) is 42.6 Å². The van der Waals surface area contributed by atoms with Gasteiger partial charge >= 0.3 is 0 Å². The van der Waals surface area contributed by atoms with Crippen LogP contribution in [0.25, 0.3) is 33.6 Å². The van der Waals surface area contributed by atoms with Crippen molar-refractivity contribution in [3.05, 3.63) is 48.2 Å². The van der Waals surface area contributed by atoms with Crippen LogP contribution in [0.3, 0.4) is 0 Å². The van der Waals surface area contributed by atoms with Gasteiger partial charge in [-0.15, -0.1) is 0 Å². The lowest BCUT2D eigenvalue weighted by molar-refractivity contribution is 0.0963. The van der Waals surface area contributed by atoms with Crippen LogP contribution in [-0.2, 0) is 13.6 Å². The van der Waals surface area contributed by atoms with Crippen molar-refractivity contribution < 1.29 is 4.79 Å². The van der Waals surface area contributed by atoms with Crippen molar-refractivity contribution in [1.29, 1.82) is 0 Å². The summed E-state index contributed by atoms with van der Waals surface area (Å²) in [6.07, 6.45) is 5.66. The predicted octanol–water partition coefficient (Wildman–Crippen LogP) is 4.78. The highest BCUT2D eigenvalue weighted by Gasteiger charge is 2.25. The van der Waals surface area contributed by atoms with E-state index in [0.717, 1.165) is 46.0 Å². The van der Waals surface area contributed by atoms with Gasteiger partial charge in [-0.2, -0.15) is 0 Å². The molecule has 4 aromatic rings. The van der Waals surface area contributed by atoms with Crippen LogP contribution in [0.5, 0.6) is 0 Å². The Labute approximate surface area is 176 Å². The number of benzene rings is 1. The number of rotatable bonds is 4. The average molecular weight is 404 g/mol. The van der Waals surface area contributed by atoms with Crippen LogP contribution in [0, 0.1) is 5.92 Å². The van der Waals surface area contributed by atoms with Gasteiger partial charge in [0, 0.05) is 37.8 Å². The number of nitrogens with one attached hydrogen (secondary N) is 1. The Kier molecular flexibility index (Phi) is 5.57. The van der Waals surface area contributed by atoms with Crippen molar-refractivity contribution in [2.75, 3.05) is 7.05 Å². The van der Waals surface area contributed by atoms with Crippen molar-refractivity contribution in [1.82, 2.24) is 24.4 Å². The van der Waals surface area contributed by atoms with E-state index < -0.39 is 0 Å². The molecule has 0 saturated heterocycles. The molecule has 30 heavy (non-hydrogen) atoms. The summed E-state index contributed by atoms with van der Waals surface area (Å²) >= 11 is 0. The van der Waals surface area contributed by atoms with Gasteiger partial charge in [-0.25, -0.2) is 9.97 Å². The van der Waals surface area contributed by atoms with Crippen LogP contribution in [0.2, 0.25) is 0 Å². The highest BCUT2D eigenvalue weighted by Crippen LogP contribution is 2.35. The van der Waals surface area contributed by atoms with Crippen LogP contribution in [0.1, 0.15) is 43.5 Å². The lowest BCUT2D eigenvalue weighted by Crippen LogP contribution is -2.17. The third-order valence-electron chi connectivity index (χ3n) is 5.39. The normalized spacial score (nSPS) is 13.3. The van der Waals surface area contributed by atoms with Gasteiger partial charge in [-0.1, -0.05) is 20.3 Å². The number of hydrogen-bond donors (Lipinski definition) is 1. The molecule has 0 radical (unpaired) electrons. The van der Waals surface area contributed by atoms with Crippen molar-refractivity contribution in [2.24, 2.45) is 13.0 Å². The lowest BCUT2D eigenvalue weighted by Gasteiger charge is -2.09. The maximum Gasteiger partial charge on any atom is 0.251 e. The summed E-state index contributed by atoms with van der Waals surface area (Å²) in [6.45, 7) is 5.22. The Bertz CT molecular complexity index is 1200. The van der Waals surface area contributed by atoms with E-state index in [-0.39, 0.29) is 5.91 Å². The molecule has 0 aliphatic heterocycles. The topological polar surface area (TPSA) is 64.7 Å². The minimum absolute atomic E-state index is 0.101. The molecule has 156 valence electrons. The van der Waals surface area contributed by atoms with Gasteiger partial charge in [0.25, 0.3) is 5.91 Å². The Morgan fingerprint density at radius 1 is 1.20 bits per heavy atom. The van der Waals surface area contributed by atoms with Gasteiger partial charge in [0.15, 0.2) is 5.82 Å². The molecule has 6 nitrogen and oxygen atoms in total. The van der Waals surface area contributed by atoms with Crippen LogP contribution in [0.4, 0.5) is 0 Å². The van der Waals surface area contributed by atoms with E-state index in [0.29, 0.717) is 5.56 Å². The molecule has 0 unspecified atom stereocenters. The molecule has 5 rings (SSSR count). The molecule has 1 N–H and O–H groups in total. The third kappa shape index (κ3) is 3.70. The second-order valence-electron chi connectivity index (χ2n) is 7.98. The molecule has 3 aromatic heterocycles. The fourth-order valence-corrected chi connectivity index (χ4v) is 3.73. The van der Waals surface area contributed by atoms with Gasteiger partial charge in [0.1, 0.15) is 5.65 Å². The Morgan fingerprint density at radius 3 is 2.67 bits per heavy atom. The number of fused-ring (bicyclic) bond motifs is 2. The average Bonchev–Trinajstić information content (AvgIpc) is 3.43. The Hall–Kier alpha value is -3.15. The second kappa shape index (κ2) is 8.30. The number of aromatic nitrogens is 4. The smallest absolute Gasteiger partial charge is 0.251 e. The Morgan fingerprint density at radius 2 is 1.97 bits per heavy atom. The molecule has 1 amide bonds. The molecule has 0 spiro atoms. The summed E-state index contributed by atoms with van der Waals surface area (Å²) in [5.74, 6) is 1.53. The zero-order valence-corrected chi connectivity index (χ0v) is 18.1. The molecule has 1 aliphatic rings. The molecule has 1 fully saturated rings. The highest BCUT2D eigenvalue weighted by molar-refractivity contribution is 5.97. The van der Waals surface area contributed by atoms with Crippen molar-refractivity contribution in [3.63, 3.8) is 0 Å². The van der Waals surface area contributed by atoms with E-state index in [1.807, 2.05) is 37.5 Å². The van der Waals surface area contributed by atoms with E-state index in [1.54, 1.807) is 7.05 Å². The largest absolute Gasteiger partial charge is 0.355 e. The number of imidazole rings is 1. The predicted molar refractivity (Wildman–Crippen MR) is 122 cm³/mol. The fraction of sp³-hybridized carbons (Fsp3) is 0.375. The first-order valence-corrected chi connectivity index (χ1v) is 10.7. The van der Waals surface area contributed by atoms with Gasteiger partial charge in [-0.05, 0) is 55.2 Å². The molecular formula is C24H29N5O. The van der Waals surface area contributed by atoms with E-state index >= 15 is 0 Å². The zero-order valence-electron chi connectivity index (χ0n) is 18.1. The summed E-state index contributed by atoms with van der Waals surface area (Å²) in [5.41, 5.74) is 4.54. The van der Waals surface area contributed by atoms with E-state index in [1.165, 1.54) is 19.3 Å².